The lowest BCUT2D eigenvalue weighted by atomic mass is 10.1. The van der Waals surface area contributed by atoms with Crippen LogP contribution in [0.5, 0.6) is 11.8 Å². The molecule has 2 aromatic rings. The first kappa shape index (κ1) is 15.2. The molecule has 1 aromatic carbocycles. The van der Waals surface area contributed by atoms with Crippen molar-refractivity contribution in [2.45, 2.75) is 6.42 Å². The number of rotatable bonds is 5. The van der Waals surface area contributed by atoms with Gasteiger partial charge in [-0.05, 0) is 12.1 Å². The highest BCUT2D eigenvalue weighted by atomic mass is 35.5. The molecule has 7 heteroatoms. The largest absolute Gasteiger partial charge is 0.480 e. The highest BCUT2D eigenvalue weighted by Crippen LogP contribution is 2.23. The summed E-state index contributed by atoms with van der Waals surface area (Å²) in [6.07, 6.45) is 1.06. The van der Waals surface area contributed by atoms with Gasteiger partial charge in [0.05, 0.1) is 20.4 Å². The van der Waals surface area contributed by atoms with Gasteiger partial charge in [-0.2, -0.15) is 4.98 Å². The molecule has 1 heterocycles. The van der Waals surface area contributed by atoms with Crippen molar-refractivity contribution in [1.82, 2.24) is 9.97 Å². The maximum absolute atomic E-state index is 13.7. The van der Waals surface area contributed by atoms with Crippen LogP contribution in [0, 0.1) is 5.82 Å². The lowest BCUT2D eigenvalue weighted by Crippen LogP contribution is -2.11. The number of aromatic nitrogens is 2. The van der Waals surface area contributed by atoms with E-state index in [1.54, 1.807) is 0 Å². The topological polar surface area (TPSA) is 61.3 Å². The van der Waals surface area contributed by atoms with Crippen LogP contribution in [0.15, 0.2) is 24.4 Å². The van der Waals surface area contributed by atoms with Gasteiger partial charge in [0.1, 0.15) is 5.82 Å². The third-order valence-electron chi connectivity index (χ3n) is 2.78. The number of methoxy groups -OCH3 is 2. The number of benzene rings is 1. The van der Waals surface area contributed by atoms with Crippen LogP contribution in [-0.4, -0.2) is 30.0 Å². The Morgan fingerprint density at radius 2 is 2.10 bits per heavy atom. The molecule has 0 atom stereocenters. The van der Waals surface area contributed by atoms with Gasteiger partial charge in [0.15, 0.2) is 11.5 Å². The molecular formula is C14H12ClFN2O3. The molecule has 0 N–H and O–H groups in total. The van der Waals surface area contributed by atoms with Gasteiger partial charge in [0.2, 0.25) is 11.8 Å². The molecule has 0 aliphatic rings. The summed E-state index contributed by atoms with van der Waals surface area (Å²) in [5.41, 5.74) is 0.112. The van der Waals surface area contributed by atoms with E-state index >= 15 is 0 Å². The molecule has 0 aliphatic heterocycles. The zero-order valence-corrected chi connectivity index (χ0v) is 12.1. The van der Waals surface area contributed by atoms with Crippen molar-refractivity contribution < 1.29 is 18.7 Å². The predicted octanol–water partition coefficient (Wildman–Crippen LogP) is 2.71. The smallest absolute Gasteiger partial charge is 0.246 e. The molecule has 0 fully saturated rings. The average Bonchev–Trinajstić information content (AvgIpc) is 2.50. The molecule has 110 valence electrons. The predicted molar refractivity (Wildman–Crippen MR) is 74.6 cm³/mol. The van der Waals surface area contributed by atoms with E-state index < -0.39 is 11.6 Å². The molecule has 0 aliphatic carbocycles. The summed E-state index contributed by atoms with van der Waals surface area (Å²) in [4.78, 5) is 20.2. The van der Waals surface area contributed by atoms with Crippen molar-refractivity contribution in [3.8, 4) is 11.8 Å². The monoisotopic (exact) mass is 310 g/mol. The fraction of sp³-hybridized carbons (Fsp3) is 0.214. The Morgan fingerprint density at radius 1 is 1.33 bits per heavy atom. The first-order valence-corrected chi connectivity index (χ1v) is 6.35. The Hall–Kier alpha value is -2.21. The third kappa shape index (κ3) is 3.28. The number of carbonyl (C=O) groups is 1. The average molecular weight is 311 g/mol. The molecule has 5 nitrogen and oxygen atoms in total. The zero-order valence-electron chi connectivity index (χ0n) is 11.4. The highest BCUT2D eigenvalue weighted by Gasteiger charge is 2.20. The molecule has 0 saturated carbocycles. The molecule has 0 saturated heterocycles. The van der Waals surface area contributed by atoms with Crippen molar-refractivity contribution in [3.05, 3.63) is 46.5 Å². The van der Waals surface area contributed by atoms with E-state index in [4.69, 9.17) is 21.1 Å². The normalized spacial score (nSPS) is 10.3. The second-order valence-electron chi connectivity index (χ2n) is 4.07. The summed E-state index contributed by atoms with van der Waals surface area (Å²) in [5, 5.41) is 0.184. The highest BCUT2D eigenvalue weighted by molar-refractivity contribution is 6.31. The summed E-state index contributed by atoms with van der Waals surface area (Å²) in [5.74, 6) is -0.760. The van der Waals surface area contributed by atoms with E-state index in [1.807, 2.05) is 0 Å². The molecule has 0 unspecified atom stereocenters. The summed E-state index contributed by atoms with van der Waals surface area (Å²) < 4.78 is 23.6. The van der Waals surface area contributed by atoms with Crippen molar-refractivity contribution in [1.29, 1.82) is 0 Å². The van der Waals surface area contributed by atoms with Crippen LogP contribution in [0.4, 0.5) is 4.39 Å². The summed E-state index contributed by atoms with van der Waals surface area (Å²) in [6.45, 7) is 0. The Balaban J connectivity index is 2.32. The van der Waals surface area contributed by atoms with Crippen LogP contribution >= 0.6 is 11.6 Å². The van der Waals surface area contributed by atoms with E-state index in [1.165, 1.54) is 38.6 Å². The summed E-state index contributed by atoms with van der Waals surface area (Å²) >= 11 is 5.90. The van der Waals surface area contributed by atoms with Gasteiger partial charge < -0.3 is 9.47 Å². The van der Waals surface area contributed by atoms with Crippen LogP contribution in [-0.2, 0) is 6.42 Å². The molecule has 0 radical (unpaired) electrons. The van der Waals surface area contributed by atoms with E-state index in [9.17, 15) is 9.18 Å². The molecule has 2 rings (SSSR count). The molecule has 0 bridgehead atoms. The minimum atomic E-state index is -0.545. The number of ketones is 1. The number of ether oxygens (including phenoxy) is 2. The molecule has 0 amide bonds. The zero-order chi connectivity index (χ0) is 15.4. The first-order valence-electron chi connectivity index (χ1n) is 5.98. The van der Waals surface area contributed by atoms with Gasteiger partial charge in [-0.1, -0.05) is 17.7 Å². The Bertz CT molecular complexity index is 659. The lowest BCUT2D eigenvalue weighted by Gasteiger charge is -2.08. The van der Waals surface area contributed by atoms with Gasteiger partial charge in [0.25, 0.3) is 0 Å². The summed E-state index contributed by atoms with van der Waals surface area (Å²) in [6, 6.07) is 4.23. The quantitative estimate of drug-likeness (QED) is 0.795. The maximum atomic E-state index is 13.7. The van der Waals surface area contributed by atoms with Crippen molar-refractivity contribution in [2.75, 3.05) is 14.2 Å². The van der Waals surface area contributed by atoms with Crippen LogP contribution in [0.25, 0.3) is 0 Å². The van der Waals surface area contributed by atoms with E-state index in [2.05, 4.69) is 9.97 Å². The standard InChI is InChI=1S/C14H12ClFN2O3/c1-20-12-7-17-13(14(18-12)21-2)11(19)6-8-9(15)4-3-5-10(8)16/h3-5,7H,6H2,1-2H3. The number of hydrogen-bond donors (Lipinski definition) is 0. The SMILES string of the molecule is COc1cnc(C(=O)Cc2c(F)cccc2Cl)c(OC)n1. The molecule has 0 spiro atoms. The number of halogens is 2. The van der Waals surface area contributed by atoms with E-state index in [0.29, 0.717) is 0 Å². The van der Waals surface area contributed by atoms with Gasteiger partial charge in [-0.15, -0.1) is 0 Å². The fourth-order valence-electron chi connectivity index (χ4n) is 1.73. The van der Waals surface area contributed by atoms with E-state index in [-0.39, 0.29) is 34.5 Å². The number of carbonyl (C=O) groups excluding carboxylic acids is 1. The van der Waals surface area contributed by atoms with Gasteiger partial charge in [-0.3, -0.25) is 4.79 Å². The maximum Gasteiger partial charge on any atom is 0.246 e. The minimum absolute atomic E-state index is 0.00220. The first-order chi connectivity index (χ1) is 10.1. The number of Topliss-reactive ketones (excluding diaryl/α,β-unsaturated/α-hetero) is 1. The van der Waals surface area contributed by atoms with Crippen molar-refractivity contribution in [3.63, 3.8) is 0 Å². The fourth-order valence-corrected chi connectivity index (χ4v) is 1.96. The number of hydrogen-bond acceptors (Lipinski definition) is 5. The second-order valence-corrected chi connectivity index (χ2v) is 4.48. The van der Waals surface area contributed by atoms with Crippen LogP contribution in [0.1, 0.15) is 16.1 Å². The van der Waals surface area contributed by atoms with Crippen LogP contribution in [0.2, 0.25) is 5.02 Å². The second kappa shape index (κ2) is 6.49. The Kier molecular flexibility index (Phi) is 4.70. The van der Waals surface area contributed by atoms with Crippen LogP contribution < -0.4 is 9.47 Å². The van der Waals surface area contributed by atoms with Gasteiger partial charge >= 0.3 is 0 Å². The number of nitrogens with zero attached hydrogens (tertiary/aromatic N) is 2. The Labute approximate surface area is 125 Å². The van der Waals surface area contributed by atoms with Gasteiger partial charge in [0, 0.05) is 17.0 Å². The minimum Gasteiger partial charge on any atom is -0.480 e. The van der Waals surface area contributed by atoms with Gasteiger partial charge in [-0.25, -0.2) is 9.37 Å². The molecular weight excluding hydrogens is 299 g/mol. The third-order valence-corrected chi connectivity index (χ3v) is 3.14. The molecule has 21 heavy (non-hydrogen) atoms. The lowest BCUT2D eigenvalue weighted by molar-refractivity contribution is 0.0982. The molecule has 1 aromatic heterocycles. The van der Waals surface area contributed by atoms with Crippen molar-refractivity contribution in [2.24, 2.45) is 0 Å². The van der Waals surface area contributed by atoms with E-state index in [0.717, 1.165) is 0 Å². The van der Waals surface area contributed by atoms with Crippen molar-refractivity contribution >= 4 is 17.4 Å². The van der Waals surface area contributed by atoms with Crippen LogP contribution in [0.3, 0.4) is 0 Å². The summed E-state index contributed by atoms with van der Waals surface area (Å²) in [7, 11) is 2.78. The Morgan fingerprint density at radius 3 is 2.71 bits per heavy atom.